The summed E-state index contributed by atoms with van der Waals surface area (Å²) in [6, 6.07) is 12.3. The lowest BCUT2D eigenvalue weighted by Crippen LogP contribution is -2.43. The number of anilines is 2. The van der Waals surface area contributed by atoms with Gasteiger partial charge in [0.25, 0.3) is 0 Å². The minimum atomic E-state index is 0.738. The fourth-order valence-corrected chi connectivity index (χ4v) is 4.38. The monoisotopic (exact) mass is 429 g/mol. The maximum absolute atomic E-state index is 4.74. The number of rotatable bonds is 6. The molecule has 156 valence electrons. The molecule has 1 aromatic carbocycles. The predicted molar refractivity (Wildman–Crippen MR) is 127 cm³/mol. The summed E-state index contributed by atoms with van der Waals surface area (Å²) in [4.78, 5) is 11.4. The summed E-state index contributed by atoms with van der Waals surface area (Å²) in [5.74, 6) is 0. The Labute approximate surface area is 185 Å². The van der Waals surface area contributed by atoms with Crippen LogP contribution in [0.3, 0.4) is 0 Å². The Morgan fingerprint density at radius 2 is 1.90 bits per heavy atom. The number of piperazine rings is 1. The van der Waals surface area contributed by atoms with Crippen LogP contribution in [0.1, 0.15) is 5.69 Å². The predicted octanol–water partition coefficient (Wildman–Crippen LogP) is 3.88. The van der Waals surface area contributed by atoms with Gasteiger partial charge in [-0.3, -0.25) is 4.98 Å². The van der Waals surface area contributed by atoms with Gasteiger partial charge in [0.1, 0.15) is 0 Å². The number of benzene rings is 1. The molecule has 8 heteroatoms. The highest BCUT2D eigenvalue weighted by Crippen LogP contribution is 2.29. The van der Waals surface area contributed by atoms with Crippen molar-refractivity contribution < 1.29 is 0 Å². The van der Waals surface area contributed by atoms with Crippen LogP contribution in [0.15, 0.2) is 73.1 Å². The van der Waals surface area contributed by atoms with E-state index in [9.17, 15) is 0 Å². The highest BCUT2D eigenvalue weighted by Gasteiger charge is 2.16. The van der Waals surface area contributed by atoms with Crippen LogP contribution in [0.25, 0.3) is 22.0 Å². The molecule has 0 spiro atoms. The van der Waals surface area contributed by atoms with Gasteiger partial charge in [-0.15, -0.1) is 11.3 Å². The lowest BCUT2D eigenvalue weighted by atomic mass is 10.1. The molecule has 4 aromatic rings. The zero-order chi connectivity index (χ0) is 21.0. The first-order valence-electron chi connectivity index (χ1n) is 10.2. The van der Waals surface area contributed by atoms with Gasteiger partial charge in [-0.05, 0) is 11.6 Å². The molecule has 0 amide bonds. The Bertz CT molecular complexity index is 1180. The van der Waals surface area contributed by atoms with Crippen molar-refractivity contribution in [1.29, 1.82) is 0 Å². The molecule has 0 bridgehead atoms. The summed E-state index contributed by atoms with van der Waals surface area (Å²) in [5, 5.41) is 14.1. The highest BCUT2D eigenvalue weighted by molar-refractivity contribution is 7.12. The van der Waals surface area contributed by atoms with Gasteiger partial charge in [0.2, 0.25) is 5.13 Å². The highest BCUT2D eigenvalue weighted by atomic mass is 32.1. The summed E-state index contributed by atoms with van der Waals surface area (Å²) in [6.07, 6.45) is 7.53. The van der Waals surface area contributed by atoms with Gasteiger partial charge in [-0.25, -0.2) is 9.67 Å². The minimum Gasteiger partial charge on any atom is -0.367 e. The second kappa shape index (κ2) is 8.71. The van der Waals surface area contributed by atoms with Crippen molar-refractivity contribution >= 4 is 28.4 Å². The summed E-state index contributed by atoms with van der Waals surface area (Å²) in [7, 11) is 0. The van der Waals surface area contributed by atoms with Crippen molar-refractivity contribution in [2.45, 2.75) is 0 Å². The van der Waals surface area contributed by atoms with Gasteiger partial charge in [0.15, 0.2) is 0 Å². The van der Waals surface area contributed by atoms with Gasteiger partial charge in [0, 0.05) is 49.5 Å². The number of nitrogens with one attached hydrogen (secondary N) is 2. The maximum Gasteiger partial charge on any atom is 0.210 e. The fourth-order valence-electron chi connectivity index (χ4n) is 3.61. The van der Waals surface area contributed by atoms with E-state index in [1.54, 1.807) is 4.68 Å². The summed E-state index contributed by atoms with van der Waals surface area (Å²) >= 11 is 1.54. The van der Waals surface area contributed by atoms with Crippen LogP contribution in [0, 0.1) is 0 Å². The number of hydrogen-bond acceptors (Lipinski definition) is 7. The molecule has 31 heavy (non-hydrogen) atoms. The quantitative estimate of drug-likeness (QED) is 0.485. The zero-order valence-corrected chi connectivity index (χ0v) is 17.8. The average Bonchev–Trinajstić information content (AvgIpc) is 3.51. The Hall–Kier alpha value is -3.49. The van der Waals surface area contributed by atoms with Gasteiger partial charge in [-0.2, -0.15) is 5.10 Å². The smallest absolute Gasteiger partial charge is 0.210 e. The van der Waals surface area contributed by atoms with Crippen LogP contribution in [0.2, 0.25) is 0 Å². The molecule has 7 nitrogen and oxygen atoms in total. The fraction of sp³-hybridized carbons (Fsp3) is 0.174. The number of nitrogens with zero attached hydrogens (tertiary/aromatic N) is 5. The Morgan fingerprint density at radius 1 is 1.06 bits per heavy atom. The largest absolute Gasteiger partial charge is 0.367 e. The maximum atomic E-state index is 4.74. The molecule has 1 aliphatic heterocycles. The number of thiazole rings is 1. The SMILES string of the molecule is C=C(Nc1cnccc1N1CCNCC1)c1csc(-n2cc(-c3ccccc3)cn2)n1. The Kier molecular flexibility index (Phi) is 5.47. The minimum absolute atomic E-state index is 0.738. The van der Waals surface area contributed by atoms with Crippen molar-refractivity contribution in [2.75, 3.05) is 36.4 Å². The first kappa shape index (κ1) is 19.5. The number of pyridine rings is 1. The topological polar surface area (TPSA) is 70.9 Å². The Morgan fingerprint density at radius 3 is 2.74 bits per heavy atom. The van der Waals surface area contributed by atoms with E-state index >= 15 is 0 Å². The molecule has 4 heterocycles. The van der Waals surface area contributed by atoms with Crippen molar-refractivity contribution in [2.24, 2.45) is 0 Å². The van der Waals surface area contributed by atoms with E-state index in [-0.39, 0.29) is 0 Å². The van der Waals surface area contributed by atoms with E-state index in [2.05, 4.69) is 44.3 Å². The van der Waals surface area contributed by atoms with Crippen molar-refractivity contribution in [3.63, 3.8) is 0 Å². The van der Waals surface area contributed by atoms with Crippen LogP contribution in [0.4, 0.5) is 11.4 Å². The molecular weight excluding hydrogens is 406 g/mol. The van der Waals surface area contributed by atoms with Crippen molar-refractivity contribution in [3.05, 3.63) is 78.8 Å². The van der Waals surface area contributed by atoms with Gasteiger partial charge in [-0.1, -0.05) is 36.9 Å². The summed E-state index contributed by atoms with van der Waals surface area (Å²) < 4.78 is 1.81. The van der Waals surface area contributed by atoms with Gasteiger partial charge >= 0.3 is 0 Å². The third kappa shape index (κ3) is 4.21. The molecule has 1 saturated heterocycles. The Balaban J connectivity index is 1.33. The zero-order valence-electron chi connectivity index (χ0n) is 17.0. The second-order valence-electron chi connectivity index (χ2n) is 7.29. The average molecular weight is 430 g/mol. The van der Waals surface area contributed by atoms with Crippen LogP contribution >= 0.6 is 11.3 Å². The molecule has 0 radical (unpaired) electrons. The molecule has 0 saturated carbocycles. The van der Waals surface area contributed by atoms with Crippen LogP contribution in [-0.2, 0) is 0 Å². The standard InChI is InChI=1S/C23H23N7S/c1-17(27-20-14-25-8-7-22(20)29-11-9-24-10-12-29)21-16-31-23(28-21)30-15-19(13-26-30)18-5-3-2-4-6-18/h2-8,13-16,24,27H,1,9-12H2. The van der Waals surface area contributed by atoms with Crippen molar-refractivity contribution in [3.8, 4) is 16.3 Å². The van der Waals surface area contributed by atoms with E-state index in [1.807, 2.05) is 54.4 Å². The van der Waals surface area contributed by atoms with E-state index in [0.717, 1.165) is 65.2 Å². The van der Waals surface area contributed by atoms with E-state index in [4.69, 9.17) is 4.98 Å². The lowest BCUT2D eigenvalue weighted by molar-refractivity contribution is 0.589. The van der Waals surface area contributed by atoms with Gasteiger partial charge < -0.3 is 15.5 Å². The molecule has 1 aliphatic rings. The van der Waals surface area contributed by atoms with Crippen LogP contribution in [-0.4, -0.2) is 45.9 Å². The first-order valence-corrected chi connectivity index (χ1v) is 11.1. The first-order chi connectivity index (χ1) is 15.3. The number of aromatic nitrogens is 4. The van der Waals surface area contributed by atoms with Crippen LogP contribution in [0.5, 0.6) is 0 Å². The third-order valence-electron chi connectivity index (χ3n) is 5.23. The molecule has 2 N–H and O–H groups in total. The molecule has 1 fully saturated rings. The summed E-state index contributed by atoms with van der Waals surface area (Å²) in [5.41, 5.74) is 5.80. The van der Waals surface area contributed by atoms with E-state index in [0.29, 0.717) is 0 Å². The van der Waals surface area contributed by atoms with Crippen LogP contribution < -0.4 is 15.5 Å². The number of hydrogen-bond donors (Lipinski definition) is 2. The third-order valence-corrected chi connectivity index (χ3v) is 6.06. The van der Waals surface area contributed by atoms with Gasteiger partial charge in [0.05, 0.1) is 35.2 Å². The normalized spacial score (nSPS) is 13.9. The van der Waals surface area contributed by atoms with E-state index in [1.165, 1.54) is 11.3 Å². The molecule has 5 rings (SSSR count). The molecule has 0 aliphatic carbocycles. The molecule has 0 unspecified atom stereocenters. The lowest BCUT2D eigenvalue weighted by Gasteiger charge is -2.31. The molecular formula is C23H23N7S. The van der Waals surface area contributed by atoms with Crippen molar-refractivity contribution in [1.82, 2.24) is 25.1 Å². The summed E-state index contributed by atoms with van der Waals surface area (Å²) in [6.45, 7) is 8.10. The second-order valence-corrected chi connectivity index (χ2v) is 8.12. The molecule has 0 atom stereocenters. The molecule has 3 aromatic heterocycles. The van der Waals surface area contributed by atoms with E-state index < -0.39 is 0 Å².